The van der Waals surface area contributed by atoms with E-state index in [1.54, 1.807) is 0 Å². The van der Waals surface area contributed by atoms with Crippen LogP contribution in [-0.4, -0.2) is 42.1 Å². The maximum atomic E-state index is 10.9. The van der Waals surface area contributed by atoms with Gasteiger partial charge in [0.05, 0.1) is 14.9 Å². The van der Waals surface area contributed by atoms with E-state index in [1.165, 1.54) is 29.2 Å². The average molecular weight is 313 g/mol. The number of nitrogens with zero attached hydrogens (tertiary/aromatic N) is 1. The maximum Gasteiger partial charge on any atom is 0.335 e. The lowest BCUT2D eigenvalue weighted by molar-refractivity contribution is 0.0697. The predicted molar refractivity (Wildman–Crippen MR) is 89.8 cm³/mol. The summed E-state index contributed by atoms with van der Waals surface area (Å²) in [6.45, 7) is -1.07. The van der Waals surface area contributed by atoms with Crippen molar-refractivity contribution in [3.8, 4) is 5.75 Å². The second-order valence-electron chi connectivity index (χ2n) is 4.96. The number of unbranched alkanes of at least 4 members (excludes halogenated alkanes) is 2. The van der Waals surface area contributed by atoms with Gasteiger partial charge in [-0.05, 0) is 56.6 Å². The molecule has 0 saturated heterocycles. The van der Waals surface area contributed by atoms with Gasteiger partial charge in [-0.3, -0.25) is 0 Å². The number of rotatable bonds is 12. The standard InChI is InChI=1S/C18H29NO3/c1-3-5-12-19(13-6-4-2)14-7-15-22-17-10-8-16(9-11-17)18(20)21/h8-11H,3-7,12-15H2,1-2H3,(H,20,21)/i7D2,14D2,15D2. The molecule has 4 heteroatoms. The molecule has 0 aliphatic heterocycles. The summed E-state index contributed by atoms with van der Waals surface area (Å²) in [5.41, 5.74) is -0.0171. The van der Waals surface area contributed by atoms with Gasteiger partial charge in [0.1, 0.15) is 5.75 Å². The van der Waals surface area contributed by atoms with E-state index in [0.29, 0.717) is 25.9 Å². The summed E-state index contributed by atoms with van der Waals surface area (Å²) in [7, 11) is 0. The summed E-state index contributed by atoms with van der Waals surface area (Å²) in [4.78, 5) is 12.2. The molecule has 0 unspecified atom stereocenters. The van der Waals surface area contributed by atoms with Crippen LogP contribution in [0.25, 0.3) is 0 Å². The maximum absolute atomic E-state index is 10.9. The van der Waals surface area contributed by atoms with E-state index in [-0.39, 0.29) is 11.3 Å². The summed E-state index contributed by atoms with van der Waals surface area (Å²) >= 11 is 0. The normalized spacial score (nSPS) is 16.9. The zero-order chi connectivity index (χ0) is 21.6. The highest BCUT2D eigenvalue weighted by atomic mass is 16.5. The number of carboxylic acid groups (broad SMARTS) is 1. The predicted octanol–water partition coefficient (Wildman–Crippen LogP) is 4.06. The van der Waals surface area contributed by atoms with Crippen molar-refractivity contribution in [1.82, 2.24) is 4.90 Å². The minimum Gasteiger partial charge on any atom is -0.494 e. The molecule has 1 N–H and O–H groups in total. The number of ether oxygens (including phenoxy) is 1. The Balaban J connectivity index is 3.10. The number of benzene rings is 1. The fourth-order valence-electron chi connectivity index (χ4n) is 1.77. The highest BCUT2D eigenvalue weighted by molar-refractivity contribution is 5.87. The van der Waals surface area contributed by atoms with E-state index in [1.807, 2.05) is 13.8 Å². The van der Waals surface area contributed by atoms with Gasteiger partial charge in [0, 0.05) is 12.0 Å². The number of hydrogen-bond acceptors (Lipinski definition) is 3. The Labute approximate surface area is 142 Å². The minimum atomic E-state index is -2.99. The van der Waals surface area contributed by atoms with Crippen LogP contribution >= 0.6 is 0 Å². The molecule has 0 aliphatic carbocycles. The molecular formula is C18H29NO3. The largest absolute Gasteiger partial charge is 0.494 e. The lowest BCUT2D eigenvalue weighted by Gasteiger charge is -2.21. The third-order valence-corrected chi connectivity index (χ3v) is 3.10. The van der Waals surface area contributed by atoms with E-state index in [4.69, 9.17) is 18.1 Å². The van der Waals surface area contributed by atoms with Crippen molar-refractivity contribution in [2.75, 3.05) is 26.1 Å². The van der Waals surface area contributed by atoms with Crippen molar-refractivity contribution in [3.05, 3.63) is 29.8 Å². The van der Waals surface area contributed by atoms with Crippen LogP contribution in [0.15, 0.2) is 24.3 Å². The molecule has 0 atom stereocenters. The van der Waals surface area contributed by atoms with Crippen LogP contribution in [0.3, 0.4) is 0 Å². The lowest BCUT2D eigenvalue weighted by atomic mass is 10.2. The number of aromatic carboxylic acids is 1. The van der Waals surface area contributed by atoms with Crippen molar-refractivity contribution in [2.24, 2.45) is 0 Å². The Morgan fingerprint density at radius 2 is 1.77 bits per heavy atom. The first-order valence-corrected chi connectivity index (χ1v) is 7.68. The van der Waals surface area contributed by atoms with Gasteiger partial charge in [0.15, 0.2) is 0 Å². The first-order valence-electron chi connectivity index (χ1n) is 10.7. The summed E-state index contributed by atoms with van der Waals surface area (Å²) in [5.74, 6) is -1.23. The average Bonchev–Trinajstić information content (AvgIpc) is 2.61. The van der Waals surface area contributed by atoms with Gasteiger partial charge in [-0.2, -0.15) is 0 Å². The SMILES string of the molecule is [2H]C([2H])(Oc1ccc(C(=O)O)cc1)C([2H])([2H])C([2H])([2H])N(CCCC)CCCC. The molecule has 0 heterocycles. The molecule has 1 aromatic carbocycles. The van der Waals surface area contributed by atoms with Crippen molar-refractivity contribution in [1.29, 1.82) is 0 Å². The van der Waals surface area contributed by atoms with Crippen molar-refractivity contribution in [2.45, 2.75) is 45.9 Å². The molecule has 0 aliphatic rings. The van der Waals surface area contributed by atoms with E-state index < -0.39 is 25.4 Å². The number of hydrogen-bond donors (Lipinski definition) is 1. The van der Waals surface area contributed by atoms with Crippen molar-refractivity contribution >= 4 is 5.97 Å². The van der Waals surface area contributed by atoms with Crippen LogP contribution < -0.4 is 4.74 Å². The van der Waals surface area contributed by atoms with E-state index >= 15 is 0 Å². The molecule has 0 saturated carbocycles. The zero-order valence-electron chi connectivity index (χ0n) is 19.3. The summed E-state index contributed by atoms with van der Waals surface area (Å²) in [5, 5.41) is 8.92. The third kappa shape index (κ3) is 7.46. The second-order valence-corrected chi connectivity index (χ2v) is 4.96. The van der Waals surface area contributed by atoms with Crippen LogP contribution in [0.4, 0.5) is 0 Å². The molecule has 0 bridgehead atoms. The molecule has 0 amide bonds. The number of carboxylic acids is 1. The Kier molecular flexibility index (Phi) is 5.57. The first-order chi connectivity index (χ1) is 12.9. The van der Waals surface area contributed by atoms with Crippen LogP contribution in [0, 0.1) is 0 Å². The molecule has 0 aromatic heterocycles. The molecule has 124 valence electrons. The van der Waals surface area contributed by atoms with E-state index in [0.717, 1.165) is 12.8 Å². The highest BCUT2D eigenvalue weighted by Gasteiger charge is 2.05. The van der Waals surface area contributed by atoms with Gasteiger partial charge in [-0.15, -0.1) is 0 Å². The molecule has 0 spiro atoms. The zero-order valence-corrected chi connectivity index (χ0v) is 13.3. The topological polar surface area (TPSA) is 49.8 Å². The van der Waals surface area contributed by atoms with Crippen molar-refractivity contribution < 1.29 is 22.9 Å². The van der Waals surface area contributed by atoms with E-state index in [2.05, 4.69) is 0 Å². The minimum absolute atomic E-state index is 0.0171. The molecule has 0 fully saturated rings. The fourth-order valence-corrected chi connectivity index (χ4v) is 1.77. The van der Waals surface area contributed by atoms with Crippen LogP contribution in [0.5, 0.6) is 5.75 Å². The Hall–Kier alpha value is -1.55. The van der Waals surface area contributed by atoms with Gasteiger partial charge < -0.3 is 14.7 Å². The van der Waals surface area contributed by atoms with Gasteiger partial charge in [-0.1, -0.05) is 26.7 Å². The van der Waals surface area contributed by atoms with Crippen LogP contribution in [-0.2, 0) is 0 Å². The fraction of sp³-hybridized carbons (Fsp3) is 0.611. The molecule has 22 heavy (non-hydrogen) atoms. The first kappa shape index (κ1) is 11.1. The molecule has 4 nitrogen and oxygen atoms in total. The van der Waals surface area contributed by atoms with Gasteiger partial charge >= 0.3 is 5.97 Å². The second kappa shape index (κ2) is 11.1. The van der Waals surface area contributed by atoms with Gasteiger partial charge in [-0.25, -0.2) is 4.79 Å². The summed E-state index contributed by atoms with van der Waals surface area (Å²) < 4.78 is 54.6. The molecule has 0 radical (unpaired) electrons. The summed E-state index contributed by atoms with van der Waals surface area (Å²) in [6.07, 6.45) is -0.0470. The third-order valence-electron chi connectivity index (χ3n) is 3.10. The monoisotopic (exact) mass is 313 g/mol. The Morgan fingerprint density at radius 3 is 2.27 bits per heavy atom. The van der Waals surface area contributed by atoms with Crippen LogP contribution in [0.2, 0.25) is 0 Å². The Bertz CT molecular complexity index is 629. The highest BCUT2D eigenvalue weighted by Crippen LogP contribution is 2.12. The molecule has 1 aromatic rings. The van der Waals surface area contributed by atoms with Crippen LogP contribution in [0.1, 0.15) is 64.5 Å². The van der Waals surface area contributed by atoms with E-state index in [9.17, 15) is 4.79 Å². The molecule has 1 rings (SSSR count). The summed E-state index contributed by atoms with van der Waals surface area (Å²) in [6, 6.07) is 4.87. The van der Waals surface area contributed by atoms with Gasteiger partial charge in [0.2, 0.25) is 0 Å². The molecular weight excluding hydrogens is 278 g/mol. The smallest absolute Gasteiger partial charge is 0.335 e. The van der Waals surface area contributed by atoms with Gasteiger partial charge in [0.25, 0.3) is 0 Å². The lowest BCUT2D eigenvalue weighted by Crippen LogP contribution is -2.28. The van der Waals surface area contributed by atoms with Crippen molar-refractivity contribution in [3.63, 3.8) is 0 Å². The quantitative estimate of drug-likeness (QED) is 0.632. The Morgan fingerprint density at radius 1 is 1.18 bits per heavy atom. The number of carbonyl (C=O) groups is 1.